The summed E-state index contributed by atoms with van der Waals surface area (Å²) in [5.74, 6) is 0. The Balaban J connectivity index is 0.00000252. The molecule has 0 spiro atoms. The molecule has 0 saturated heterocycles. The average molecular weight is 674 g/mol. The van der Waals surface area contributed by atoms with Crippen LogP contribution < -0.4 is 4.58 Å². The quantitative estimate of drug-likeness (QED) is 0.138. The minimum atomic E-state index is 0. The van der Waals surface area contributed by atoms with Gasteiger partial charge in [-0.2, -0.15) is 48.5 Å². The first-order chi connectivity index (χ1) is 17.8. The van der Waals surface area contributed by atoms with E-state index in [4.69, 9.17) is 0 Å². The van der Waals surface area contributed by atoms with Crippen LogP contribution >= 0.6 is 11.8 Å². The van der Waals surface area contributed by atoms with Gasteiger partial charge in [0.1, 0.15) is 5.69 Å². The van der Waals surface area contributed by atoms with Crippen molar-refractivity contribution >= 4 is 56.6 Å². The first-order valence-corrected chi connectivity index (χ1v) is 12.6. The third kappa shape index (κ3) is 4.08. The van der Waals surface area contributed by atoms with Gasteiger partial charge in [0.2, 0.25) is 0 Å². The zero-order valence-corrected chi connectivity index (χ0v) is 23.0. The second-order valence-electron chi connectivity index (χ2n) is 8.68. The first kappa shape index (κ1) is 23.7. The van der Waals surface area contributed by atoms with Gasteiger partial charge in [0.05, 0.1) is 0 Å². The van der Waals surface area contributed by atoms with E-state index in [1.165, 1.54) is 16.3 Å². The Bertz CT molecular complexity index is 1860. The molecule has 37 heavy (non-hydrogen) atoms. The molecule has 0 fully saturated rings. The molecule has 0 amide bonds. The fourth-order valence-electron chi connectivity index (χ4n) is 4.86. The van der Waals surface area contributed by atoms with E-state index in [0.29, 0.717) is 0 Å². The summed E-state index contributed by atoms with van der Waals surface area (Å²) in [5, 5.41) is 2.43. The van der Waals surface area contributed by atoms with Crippen LogP contribution in [0, 0.1) is 18.2 Å². The fraction of sp³-hybridized carbons (Fsp3) is 0.0312. The number of rotatable bonds is 4. The maximum absolute atomic E-state index is 3.58. The van der Waals surface area contributed by atoms with Crippen LogP contribution in [-0.2, 0) is 21.1 Å². The zero-order valence-electron chi connectivity index (χ0n) is 19.9. The Kier molecular flexibility index (Phi) is 6.18. The van der Waals surface area contributed by atoms with Crippen molar-refractivity contribution in [1.29, 1.82) is 0 Å². The molecule has 5 heteroatoms. The van der Waals surface area contributed by atoms with Gasteiger partial charge in [-0.1, -0.05) is 67.7 Å². The summed E-state index contributed by atoms with van der Waals surface area (Å²) in [6.45, 7) is 0. The van der Waals surface area contributed by atoms with Crippen molar-refractivity contribution in [3.63, 3.8) is 0 Å². The van der Waals surface area contributed by atoms with Crippen molar-refractivity contribution in [3.05, 3.63) is 121 Å². The van der Waals surface area contributed by atoms with Gasteiger partial charge in [0.15, 0.2) is 7.05 Å². The van der Waals surface area contributed by atoms with E-state index in [1.54, 1.807) is 11.8 Å². The molecule has 6 aromatic rings. The van der Waals surface area contributed by atoms with E-state index in [2.05, 4.69) is 124 Å². The van der Waals surface area contributed by atoms with Crippen LogP contribution in [0.15, 0.2) is 113 Å². The number of aromatic nitrogens is 1. The number of hydrogen-bond donors (Lipinski definition) is 0. The third-order valence-electron chi connectivity index (χ3n) is 6.46. The summed E-state index contributed by atoms with van der Waals surface area (Å²) in [6, 6.07) is 49.4. The summed E-state index contributed by atoms with van der Waals surface area (Å²) >= 11 is 1.67. The van der Waals surface area contributed by atoms with Crippen LogP contribution in [-0.4, -0.2) is 22.2 Å². The molecule has 0 atom stereocenters. The minimum Gasteiger partial charge on any atom is -0.387 e. The second kappa shape index (κ2) is 9.65. The molecule has 1 aromatic heterocycles. The summed E-state index contributed by atoms with van der Waals surface area (Å²) in [6.07, 6.45) is 0. The van der Waals surface area contributed by atoms with Crippen molar-refractivity contribution in [2.75, 3.05) is 7.05 Å². The molecule has 0 unspecified atom stereocenters. The largest absolute Gasteiger partial charge is 0.494 e. The van der Waals surface area contributed by atoms with Gasteiger partial charge < -0.3 is 4.57 Å². The number of hydrogen-bond acceptors (Lipinski definition) is 1. The monoisotopic (exact) mass is 673 g/mol. The van der Waals surface area contributed by atoms with Crippen molar-refractivity contribution in [1.82, 2.24) is 9.14 Å². The Labute approximate surface area is 234 Å². The third-order valence-corrected chi connectivity index (χ3v) is 7.37. The molecular weight excluding hydrogens is 654 g/mol. The second-order valence-corrected chi connectivity index (χ2v) is 9.77. The van der Waals surface area contributed by atoms with Crippen molar-refractivity contribution < 1.29 is 25.6 Å². The molecule has 5 aromatic carbocycles. The molecule has 3 nitrogen and oxygen atoms in total. The van der Waals surface area contributed by atoms with Crippen molar-refractivity contribution in [3.8, 4) is 5.69 Å². The summed E-state index contributed by atoms with van der Waals surface area (Å²) in [5.41, 5.74) is 6.53. The van der Waals surface area contributed by atoms with Crippen LogP contribution in [0.4, 0.5) is 17.1 Å². The van der Waals surface area contributed by atoms with Gasteiger partial charge in [0.25, 0.3) is 11.4 Å². The summed E-state index contributed by atoms with van der Waals surface area (Å²) in [4.78, 5) is 2.10. The fourth-order valence-corrected chi connectivity index (χ4v) is 5.69. The van der Waals surface area contributed by atoms with Gasteiger partial charge in [-0.05, 0) is 11.5 Å². The standard InChI is InChI=1S/C32H20N3S.Pt/c1-33-22-34(32-17-8-7-16-31(32)33)24-12-9-13-25(20-24)36-26-18-19-30-28(21-26)27-14-5-6-15-29(27)35(30)23-10-3-2-4-11-23;/h2-10,12-17,19,21H,1H3;/q-1;. The zero-order chi connectivity index (χ0) is 24.1. The molecule has 2 heterocycles. The SMILES string of the molecule is C[N+]1=C=[N+](c2[c-]c(Sc3[c-]cc4c(c3)c3ccccc3n4-c3[c-]cccc3)ccc2)c2ccccc21.[Pt]. The van der Waals surface area contributed by atoms with Crippen LogP contribution in [0.5, 0.6) is 0 Å². The van der Waals surface area contributed by atoms with E-state index in [1.807, 2.05) is 23.8 Å². The maximum atomic E-state index is 3.58. The molecule has 0 aliphatic carbocycles. The number of fused-ring (bicyclic) bond motifs is 4. The van der Waals surface area contributed by atoms with Crippen LogP contribution in [0.2, 0.25) is 0 Å². The first-order valence-electron chi connectivity index (χ1n) is 11.8. The van der Waals surface area contributed by atoms with Crippen LogP contribution in [0.3, 0.4) is 0 Å². The molecule has 180 valence electrons. The van der Waals surface area contributed by atoms with Crippen LogP contribution in [0.25, 0.3) is 27.5 Å². The molecule has 7 rings (SSSR count). The molecule has 0 radical (unpaired) electrons. The normalized spacial score (nSPS) is 12.2. The molecule has 1 aliphatic heterocycles. The number of benzene rings is 5. The molecular formula is C32H20N3PtS-. The summed E-state index contributed by atoms with van der Waals surface area (Å²) < 4.78 is 6.34. The van der Waals surface area contributed by atoms with E-state index < -0.39 is 0 Å². The smallest absolute Gasteiger partial charge is 0.387 e. The Morgan fingerprint density at radius 2 is 1.57 bits per heavy atom. The summed E-state index contributed by atoms with van der Waals surface area (Å²) in [7, 11) is 2.02. The van der Waals surface area contributed by atoms with Gasteiger partial charge >= 0.3 is 6.01 Å². The predicted octanol–water partition coefficient (Wildman–Crippen LogP) is 7.63. The number of nitrogens with zero attached hydrogens (tertiary/aromatic N) is 3. The topological polar surface area (TPSA) is 10.9 Å². The van der Waals surface area contributed by atoms with E-state index >= 15 is 0 Å². The van der Waals surface area contributed by atoms with Gasteiger partial charge in [-0.25, -0.2) is 0 Å². The van der Waals surface area contributed by atoms with E-state index in [0.717, 1.165) is 38.1 Å². The van der Waals surface area contributed by atoms with Gasteiger partial charge in [-0.3, -0.25) is 0 Å². The predicted molar refractivity (Wildman–Crippen MR) is 147 cm³/mol. The Morgan fingerprint density at radius 1 is 0.757 bits per heavy atom. The Morgan fingerprint density at radius 3 is 2.43 bits per heavy atom. The molecule has 0 bridgehead atoms. The number of para-hydroxylation sites is 4. The van der Waals surface area contributed by atoms with Gasteiger partial charge in [0, 0.05) is 38.7 Å². The van der Waals surface area contributed by atoms with Crippen molar-refractivity contribution in [2.45, 2.75) is 9.79 Å². The Hall–Kier alpha value is -3.68. The maximum Gasteiger partial charge on any atom is 0.494 e. The minimum absolute atomic E-state index is 0. The van der Waals surface area contributed by atoms with Crippen LogP contribution in [0.1, 0.15) is 0 Å². The van der Waals surface area contributed by atoms with E-state index in [9.17, 15) is 0 Å². The van der Waals surface area contributed by atoms with Crippen molar-refractivity contribution in [2.24, 2.45) is 0 Å². The van der Waals surface area contributed by atoms with E-state index in [-0.39, 0.29) is 21.1 Å². The average Bonchev–Trinajstić information content (AvgIpc) is 3.44. The molecule has 0 saturated carbocycles. The molecule has 1 aliphatic rings. The molecule has 0 N–H and O–H groups in total. The van der Waals surface area contributed by atoms with Gasteiger partial charge in [-0.15, -0.1) is 34.2 Å².